The molecule has 0 amide bonds. The van der Waals surface area contributed by atoms with Gasteiger partial charge in [-0.05, 0) is 61.2 Å². The van der Waals surface area contributed by atoms with Gasteiger partial charge in [-0.1, -0.05) is 379 Å². The summed E-state index contributed by atoms with van der Waals surface area (Å²) in [4.78, 5) is 13.2. The number of carbonyl (C=O) groups is 1. The third-order valence-electron chi connectivity index (χ3n) is 17.9. The molecule has 0 atom stereocenters. The van der Waals surface area contributed by atoms with E-state index in [2.05, 4.69) is 32.9 Å². The van der Waals surface area contributed by atoms with Crippen LogP contribution in [-0.4, -0.2) is 25.6 Å². The normalized spacial score (nSPS) is 11.4. The third-order valence-corrected chi connectivity index (χ3v) is 17.9. The van der Waals surface area contributed by atoms with Gasteiger partial charge < -0.3 is 18.9 Å². The van der Waals surface area contributed by atoms with Crippen molar-refractivity contribution in [3.63, 3.8) is 0 Å². The molecule has 0 saturated carbocycles. The number of ether oxygens (including phenoxy) is 4. The molecule has 0 bridgehead atoms. The van der Waals surface area contributed by atoms with Crippen molar-refractivity contribution in [3.8, 4) is 23.0 Å². The number of rotatable bonds is 65. The van der Waals surface area contributed by atoms with E-state index in [1.165, 1.54) is 327 Å². The molecule has 0 radical (unpaired) electrons. The summed E-state index contributed by atoms with van der Waals surface area (Å²) in [5.74, 6) is 3.03. The second-order valence-electron chi connectivity index (χ2n) is 26.0. The fraction of sp³-hybridized carbons (Fsp3) is 0.762. The van der Waals surface area contributed by atoms with Crippen molar-refractivity contribution < 1.29 is 23.7 Å². The summed E-state index contributed by atoms with van der Waals surface area (Å²) in [5, 5.41) is 0. The monoisotopic (exact) mass is 1180 g/mol. The zero-order valence-corrected chi connectivity index (χ0v) is 56.4. The summed E-state index contributed by atoms with van der Waals surface area (Å²) < 4.78 is 26.6. The van der Waals surface area contributed by atoms with Crippen LogP contribution >= 0.6 is 0 Å². The van der Waals surface area contributed by atoms with Crippen molar-refractivity contribution in [2.75, 3.05) is 19.8 Å². The van der Waals surface area contributed by atoms with Crippen LogP contribution < -0.4 is 18.9 Å². The summed E-state index contributed by atoms with van der Waals surface area (Å²) >= 11 is 0. The highest BCUT2D eigenvalue weighted by Crippen LogP contribution is 2.40. The van der Waals surface area contributed by atoms with E-state index in [1.54, 1.807) is 0 Å². The molecule has 3 aromatic carbocycles. The van der Waals surface area contributed by atoms with Gasteiger partial charge in [0.25, 0.3) is 0 Å². The lowest BCUT2D eigenvalue weighted by molar-refractivity contribution is 0.103. The standard InChI is InChI=1S/C80H136O5/c1-4-7-10-13-16-19-22-25-28-31-34-37-40-43-46-49-52-58-67-82-77-70-73(72-85-76-65-63-75(64-66-76)79(81)74-61-56-55-57-62-74)71-78(83-68-59-53-50-47-44-41-38-35-32-29-26-23-20-17-14-11-8-5-2)80(77)84-69-60-54-51-48-45-42-39-36-33-30-27-24-21-18-15-12-9-6-3/h55-57,61-66,70-71H,4-54,58-60,67-69,72H2,1-3H3. The molecule has 0 heterocycles. The zero-order chi connectivity index (χ0) is 60.2. The van der Waals surface area contributed by atoms with Crippen LogP contribution in [0.2, 0.25) is 0 Å². The summed E-state index contributed by atoms with van der Waals surface area (Å²) in [6.07, 6.45) is 73.7. The largest absolute Gasteiger partial charge is 0.490 e. The Bertz CT molecular complexity index is 1810. The first-order valence-electron chi connectivity index (χ1n) is 37.5. The molecule has 5 nitrogen and oxygen atoms in total. The minimum atomic E-state index is 0.0148. The first-order chi connectivity index (χ1) is 42.2. The first-order valence-corrected chi connectivity index (χ1v) is 37.5. The van der Waals surface area contributed by atoms with Crippen LogP contribution in [0.4, 0.5) is 0 Å². The van der Waals surface area contributed by atoms with Crippen molar-refractivity contribution in [2.24, 2.45) is 0 Å². The van der Waals surface area contributed by atoms with E-state index in [0.717, 1.165) is 47.8 Å². The van der Waals surface area contributed by atoms with Crippen LogP contribution in [0.3, 0.4) is 0 Å². The van der Waals surface area contributed by atoms with E-state index in [9.17, 15) is 4.79 Å². The van der Waals surface area contributed by atoms with Crippen molar-refractivity contribution in [1.82, 2.24) is 0 Å². The molecule has 0 aromatic heterocycles. The highest BCUT2D eigenvalue weighted by Gasteiger charge is 2.18. The first kappa shape index (κ1) is 75.8. The van der Waals surface area contributed by atoms with Crippen LogP contribution in [0.15, 0.2) is 66.7 Å². The van der Waals surface area contributed by atoms with Crippen LogP contribution in [-0.2, 0) is 6.61 Å². The molecule has 3 rings (SSSR count). The lowest BCUT2D eigenvalue weighted by atomic mass is 10.0. The maximum absolute atomic E-state index is 13.2. The molecule has 0 fully saturated rings. The fourth-order valence-corrected chi connectivity index (χ4v) is 12.2. The number of hydrogen-bond acceptors (Lipinski definition) is 5. The molecule has 0 aliphatic carbocycles. The Labute approximate surface area is 527 Å². The molecule has 486 valence electrons. The van der Waals surface area contributed by atoms with Crippen molar-refractivity contribution in [1.29, 1.82) is 0 Å². The Morgan fingerprint density at radius 3 is 0.800 bits per heavy atom. The van der Waals surface area contributed by atoms with Gasteiger partial charge in [-0.3, -0.25) is 4.79 Å². The molecular weight excluding hydrogens is 1040 g/mol. The second-order valence-corrected chi connectivity index (χ2v) is 26.0. The van der Waals surface area contributed by atoms with Crippen LogP contribution in [0.5, 0.6) is 23.0 Å². The van der Waals surface area contributed by atoms with E-state index in [1.807, 2.05) is 54.6 Å². The number of carbonyl (C=O) groups excluding carboxylic acids is 1. The lowest BCUT2D eigenvalue weighted by Crippen LogP contribution is -2.08. The molecular formula is C80H136O5. The van der Waals surface area contributed by atoms with Crippen molar-refractivity contribution >= 4 is 5.78 Å². The molecule has 0 aliphatic rings. The number of unbranched alkanes of at least 4 members (excludes halogenated alkanes) is 51. The number of hydrogen-bond donors (Lipinski definition) is 0. The Morgan fingerprint density at radius 1 is 0.271 bits per heavy atom. The second kappa shape index (κ2) is 58.2. The quantitative estimate of drug-likeness (QED) is 0.0416. The topological polar surface area (TPSA) is 54.0 Å². The van der Waals surface area contributed by atoms with Crippen LogP contribution in [0.25, 0.3) is 0 Å². The van der Waals surface area contributed by atoms with E-state index < -0.39 is 0 Å². The zero-order valence-electron chi connectivity index (χ0n) is 56.4. The maximum atomic E-state index is 13.2. The minimum absolute atomic E-state index is 0.0148. The predicted molar refractivity (Wildman–Crippen MR) is 370 cm³/mol. The smallest absolute Gasteiger partial charge is 0.203 e. The van der Waals surface area contributed by atoms with E-state index in [0.29, 0.717) is 37.6 Å². The molecule has 85 heavy (non-hydrogen) atoms. The predicted octanol–water partition coefficient (Wildman–Crippen LogP) is 26.8. The Hall–Kier alpha value is -3.47. The SMILES string of the molecule is CCCCCCCCCCCCCCCCCCCCOc1cc(COc2ccc(C(=O)c3ccccc3)cc2)cc(OCCCCCCCCCCCCCCCCCCCC)c1OCCCCCCCCCCCCCCCCCCCC. The van der Waals surface area contributed by atoms with E-state index in [4.69, 9.17) is 18.9 Å². The lowest BCUT2D eigenvalue weighted by Gasteiger charge is -2.19. The van der Waals surface area contributed by atoms with Gasteiger partial charge in [0.1, 0.15) is 12.4 Å². The maximum Gasteiger partial charge on any atom is 0.203 e. The van der Waals surface area contributed by atoms with Crippen molar-refractivity contribution in [3.05, 3.63) is 83.4 Å². The Morgan fingerprint density at radius 2 is 0.518 bits per heavy atom. The molecule has 0 N–H and O–H groups in total. The highest BCUT2D eigenvalue weighted by atomic mass is 16.5. The Kier molecular flexibility index (Phi) is 51.9. The van der Waals surface area contributed by atoms with Gasteiger partial charge in [-0.2, -0.15) is 0 Å². The van der Waals surface area contributed by atoms with Crippen LogP contribution in [0.1, 0.15) is 389 Å². The number of benzene rings is 3. The number of ketones is 1. The van der Waals surface area contributed by atoms with Gasteiger partial charge in [-0.25, -0.2) is 0 Å². The van der Waals surface area contributed by atoms with Gasteiger partial charge in [0, 0.05) is 11.1 Å². The van der Waals surface area contributed by atoms with Gasteiger partial charge in [0.2, 0.25) is 5.75 Å². The molecule has 5 heteroatoms. The summed E-state index contributed by atoms with van der Waals surface area (Å²) in [7, 11) is 0. The average Bonchev–Trinajstić information content (AvgIpc) is 3.04. The van der Waals surface area contributed by atoms with Gasteiger partial charge >= 0.3 is 0 Å². The Balaban J connectivity index is 1.51. The third kappa shape index (κ3) is 43.8. The van der Waals surface area contributed by atoms with Crippen LogP contribution in [0, 0.1) is 0 Å². The molecule has 3 aromatic rings. The fourth-order valence-electron chi connectivity index (χ4n) is 12.2. The van der Waals surface area contributed by atoms with Gasteiger partial charge in [0.05, 0.1) is 19.8 Å². The van der Waals surface area contributed by atoms with E-state index >= 15 is 0 Å². The minimum Gasteiger partial charge on any atom is -0.490 e. The molecule has 0 saturated heterocycles. The highest BCUT2D eigenvalue weighted by molar-refractivity contribution is 6.09. The average molecular weight is 1180 g/mol. The summed E-state index contributed by atoms with van der Waals surface area (Å²) in [5.41, 5.74) is 2.33. The van der Waals surface area contributed by atoms with Gasteiger partial charge in [0.15, 0.2) is 17.3 Å². The molecule has 0 spiro atoms. The van der Waals surface area contributed by atoms with E-state index in [-0.39, 0.29) is 5.78 Å². The molecule has 0 unspecified atom stereocenters. The molecule has 0 aliphatic heterocycles. The summed E-state index contributed by atoms with van der Waals surface area (Å²) in [6.45, 7) is 9.25. The van der Waals surface area contributed by atoms with Crippen molar-refractivity contribution in [2.45, 2.75) is 374 Å². The summed E-state index contributed by atoms with van der Waals surface area (Å²) in [6, 6.07) is 21.3. The van der Waals surface area contributed by atoms with Gasteiger partial charge in [-0.15, -0.1) is 0 Å².